The van der Waals surface area contributed by atoms with Crippen LogP contribution in [-0.2, 0) is 0 Å². The van der Waals surface area contributed by atoms with Crippen molar-refractivity contribution in [2.24, 2.45) is 5.92 Å². The van der Waals surface area contributed by atoms with Crippen LogP contribution in [0.1, 0.15) is 24.2 Å². The zero-order valence-corrected chi connectivity index (χ0v) is 8.07. The zero-order chi connectivity index (χ0) is 9.84. The van der Waals surface area contributed by atoms with Crippen LogP contribution in [0.2, 0.25) is 0 Å². The molecule has 2 atom stereocenters. The van der Waals surface area contributed by atoms with Gasteiger partial charge >= 0.3 is 0 Å². The molecule has 2 N–H and O–H groups in total. The smallest absolute Gasteiger partial charge is 0.0837 e. The van der Waals surface area contributed by atoms with Crippen LogP contribution in [0.25, 0.3) is 0 Å². The van der Waals surface area contributed by atoms with Crippen LogP contribution in [0, 0.1) is 12.8 Å². The van der Waals surface area contributed by atoms with E-state index in [0.717, 1.165) is 5.56 Å². The van der Waals surface area contributed by atoms with Gasteiger partial charge in [-0.15, -0.1) is 0 Å². The molecule has 0 radical (unpaired) electrons. The Morgan fingerprint density at radius 3 is 2.23 bits per heavy atom. The Balaban J connectivity index is 2.77. The summed E-state index contributed by atoms with van der Waals surface area (Å²) in [6.07, 6.45) is -0.564. The van der Waals surface area contributed by atoms with Gasteiger partial charge in [0.05, 0.1) is 6.10 Å². The van der Waals surface area contributed by atoms with Gasteiger partial charge in [-0.1, -0.05) is 36.8 Å². The van der Waals surface area contributed by atoms with Gasteiger partial charge in [0, 0.05) is 12.5 Å². The fraction of sp³-hybridized carbons (Fsp3) is 0.455. The molecule has 2 nitrogen and oxygen atoms in total. The van der Waals surface area contributed by atoms with Crippen molar-refractivity contribution in [1.82, 2.24) is 0 Å². The quantitative estimate of drug-likeness (QED) is 0.742. The first-order valence-electron chi connectivity index (χ1n) is 4.50. The molecule has 0 spiro atoms. The summed E-state index contributed by atoms with van der Waals surface area (Å²) in [5, 5.41) is 18.6. The Hall–Kier alpha value is -0.860. The first kappa shape index (κ1) is 10.2. The molecule has 0 amide bonds. The lowest BCUT2D eigenvalue weighted by atomic mass is 9.97. The highest BCUT2D eigenvalue weighted by atomic mass is 16.3. The highest BCUT2D eigenvalue weighted by molar-refractivity contribution is 5.23. The van der Waals surface area contributed by atoms with Gasteiger partial charge in [-0.25, -0.2) is 0 Å². The SMILES string of the molecule is Cc1ccc([C@@H](O)[C@H](C)CO)cc1. The van der Waals surface area contributed by atoms with Gasteiger partial charge in [-0.05, 0) is 12.5 Å². The minimum atomic E-state index is -0.564. The van der Waals surface area contributed by atoms with E-state index in [0.29, 0.717) is 0 Å². The number of hydrogen-bond donors (Lipinski definition) is 2. The molecule has 0 aliphatic rings. The van der Waals surface area contributed by atoms with Crippen molar-refractivity contribution < 1.29 is 10.2 Å². The second kappa shape index (κ2) is 4.40. The monoisotopic (exact) mass is 180 g/mol. The average Bonchev–Trinajstić information content (AvgIpc) is 2.17. The number of aryl methyl sites for hydroxylation is 1. The molecule has 0 saturated heterocycles. The third-order valence-electron chi connectivity index (χ3n) is 2.25. The molecule has 72 valence electrons. The number of benzene rings is 1. The molecule has 13 heavy (non-hydrogen) atoms. The Morgan fingerprint density at radius 2 is 1.77 bits per heavy atom. The van der Waals surface area contributed by atoms with Gasteiger partial charge in [0.1, 0.15) is 0 Å². The molecule has 0 saturated carbocycles. The second-order valence-corrected chi connectivity index (χ2v) is 3.52. The average molecular weight is 180 g/mol. The fourth-order valence-electron chi connectivity index (χ4n) is 1.19. The highest BCUT2D eigenvalue weighted by Crippen LogP contribution is 2.21. The summed E-state index contributed by atoms with van der Waals surface area (Å²) in [6.45, 7) is 3.84. The maximum absolute atomic E-state index is 9.72. The summed E-state index contributed by atoms with van der Waals surface area (Å²) in [5.41, 5.74) is 2.04. The minimum absolute atomic E-state index is 0.00897. The number of aliphatic hydroxyl groups is 2. The molecule has 1 aromatic rings. The fourth-order valence-corrected chi connectivity index (χ4v) is 1.19. The van der Waals surface area contributed by atoms with E-state index in [1.54, 1.807) is 0 Å². The third-order valence-corrected chi connectivity index (χ3v) is 2.25. The van der Waals surface area contributed by atoms with Crippen molar-refractivity contribution in [2.45, 2.75) is 20.0 Å². The van der Waals surface area contributed by atoms with Crippen LogP contribution < -0.4 is 0 Å². The Morgan fingerprint density at radius 1 is 1.23 bits per heavy atom. The van der Waals surface area contributed by atoms with E-state index in [1.807, 2.05) is 38.1 Å². The normalized spacial score (nSPS) is 15.4. The maximum Gasteiger partial charge on any atom is 0.0837 e. The van der Waals surface area contributed by atoms with Gasteiger partial charge < -0.3 is 10.2 Å². The van der Waals surface area contributed by atoms with Crippen molar-refractivity contribution in [1.29, 1.82) is 0 Å². The van der Waals surface area contributed by atoms with E-state index < -0.39 is 6.10 Å². The zero-order valence-electron chi connectivity index (χ0n) is 8.07. The molecule has 0 aromatic heterocycles. The third kappa shape index (κ3) is 2.54. The van der Waals surface area contributed by atoms with E-state index in [-0.39, 0.29) is 12.5 Å². The van der Waals surface area contributed by atoms with Crippen LogP contribution >= 0.6 is 0 Å². The molecule has 0 aliphatic carbocycles. The lowest BCUT2D eigenvalue weighted by molar-refractivity contribution is 0.0770. The molecule has 2 heteroatoms. The minimum Gasteiger partial charge on any atom is -0.396 e. The predicted octanol–water partition coefficient (Wildman–Crippen LogP) is 1.66. The summed E-state index contributed by atoms with van der Waals surface area (Å²) in [5.74, 6) is -0.109. The van der Waals surface area contributed by atoms with Crippen LogP contribution in [0.3, 0.4) is 0 Å². The summed E-state index contributed by atoms with van der Waals surface area (Å²) >= 11 is 0. The van der Waals surface area contributed by atoms with Crippen LogP contribution in [0.4, 0.5) is 0 Å². The van der Waals surface area contributed by atoms with Crippen molar-refractivity contribution in [3.63, 3.8) is 0 Å². The summed E-state index contributed by atoms with van der Waals surface area (Å²) < 4.78 is 0. The Kier molecular flexibility index (Phi) is 3.46. The van der Waals surface area contributed by atoms with Crippen molar-refractivity contribution in [3.8, 4) is 0 Å². The van der Waals surface area contributed by atoms with Gasteiger partial charge in [-0.2, -0.15) is 0 Å². The Bertz CT molecular complexity index is 253. The lowest BCUT2D eigenvalue weighted by Gasteiger charge is -2.16. The molecule has 1 rings (SSSR count). The van der Waals surface area contributed by atoms with Crippen molar-refractivity contribution >= 4 is 0 Å². The molecular formula is C11H16O2. The molecule has 0 unspecified atom stereocenters. The number of rotatable bonds is 3. The Labute approximate surface area is 78.8 Å². The summed E-state index contributed by atoms with van der Waals surface area (Å²) in [7, 11) is 0. The van der Waals surface area contributed by atoms with Crippen molar-refractivity contribution in [2.75, 3.05) is 6.61 Å². The molecule has 0 fully saturated rings. The first-order valence-corrected chi connectivity index (χ1v) is 4.50. The van der Waals surface area contributed by atoms with Gasteiger partial charge in [0.2, 0.25) is 0 Å². The number of hydrogen-bond acceptors (Lipinski definition) is 2. The second-order valence-electron chi connectivity index (χ2n) is 3.52. The van der Waals surface area contributed by atoms with E-state index in [4.69, 9.17) is 5.11 Å². The van der Waals surface area contributed by atoms with E-state index in [2.05, 4.69) is 0 Å². The first-order chi connectivity index (χ1) is 6.15. The number of aliphatic hydroxyl groups excluding tert-OH is 2. The predicted molar refractivity (Wildman–Crippen MR) is 52.4 cm³/mol. The molecule has 0 bridgehead atoms. The van der Waals surface area contributed by atoms with E-state index in [9.17, 15) is 5.11 Å². The molecular weight excluding hydrogens is 164 g/mol. The van der Waals surface area contributed by atoms with E-state index >= 15 is 0 Å². The molecule has 0 heterocycles. The van der Waals surface area contributed by atoms with Crippen molar-refractivity contribution in [3.05, 3.63) is 35.4 Å². The van der Waals surface area contributed by atoms with Crippen LogP contribution in [0.15, 0.2) is 24.3 Å². The van der Waals surface area contributed by atoms with E-state index in [1.165, 1.54) is 5.56 Å². The highest BCUT2D eigenvalue weighted by Gasteiger charge is 2.14. The molecule has 0 aliphatic heterocycles. The van der Waals surface area contributed by atoms with Crippen LogP contribution in [0.5, 0.6) is 0 Å². The lowest BCUT2D eigenvalue weighted by Crippen LogP contribution is -2.12. The van der Waals surface area contributed by atoms with Gasteiger partial charge in [0.15, 0.2) is 0 Å². The topological polar surface area (TPSA) is 40.5 Å². The standard InChI is InChI=1S/C11H16O2/c1-8-3-5-10(6-4-8)11(13)9(2)7-12/h3-6,9,11-13H,7H2,1-2H3/t9-,11+/m1/s1. The van der Waals surface area contributed by atoms with Gasteiger partial charge in [0.25, 0.3) is 0 Å². The van der Waals surface area contributed by atoms with Crippen LogP contribution in [-0.4, -0.2) is 16.8 Å². The summed E-state index contributed by atoms with van der Waals surface area (Å²) in [6, 6.07) is 7.71. The summed E-state index contributed by atoms with van der Waals surface area (Å²) in [4.78, 5) is 0. The van der Waals surface area contributed by atoms with Gasteiger partial charge in [-0.3, -0.25) is 0 Å². The maximum atomic E-state index is 9.72. The largest absolute Gasteiger partial charge is 0.396 e. The molecule has 1 aromatic carbocycles.